The summed E-state index contributed by atoms with van der Waals surface area (Å²) in [5.41, 5.74) is 1.57. The van der Waals surface area contributed by atoms with Gasteiger partial charge in [-0.05, 0) is 91.5 Å². The molecular weight excluding hydrogens is 415 g/mol. The molecule has 0 aromatic heterocycles. The van der Waals surface area contributed by atoms with Gasteiger partial charge in [-0.1, -0.05) is 36.4 Å². The first-order valence-corrected chi connectivity index (χ1v) is 14.6. The van der Waals surface area contributed by atoms with Crippen LogP contribution >= 0.6 is 6.04 Å². The Morgan fingerprint density at radius 1 is 0.613 bits per heavy atom. The molecule has 0 bridgehead atoms. The Hall–Kier alpha value is -1.12. The predicted molar refractivity (Wildman–Crippen MR) is 141 cm³/mol. The Balaban J connectivity index is 2.21. The van der Waals surface area contributed by atoms with Gasteiger partial charge in [-0.3, -0.25) is 9.80 Å². The van der Waals surface area contributed by atoms with Crippen LogP contribution in [0.3, 0.4) is 0 Å². The summed E-state index contributed by atoms with van der Waals surface area (Å²) in [5.74, 6) is 0. The molecule has 0 amide bonds. The molecule has 0 aliphatic heterocycles. The summed E-state index contributed by atoms with van der Waals surface area (Å²) in [6.45, 7) is 18.6. The van der Waals surface area contributed by atoms with Crippen LogP contribution in [0.15, 0.2) is 60.7 Å². The van der Waals surface area contributed by atoms with Crippen molar-refractivity contribution in [1.29, 1.82) is 0 Å². The molecule has 2 aromatic carbocycles. The zero-order valence-electron chi connectivity index (χ0n) is 20.5. The second-order valence-electron chi connectivity index (χ2n) is 9.86. The fourth-order valence-electron chi connectivity index (χ4n) is 5.43. The number of rotatable bonds is 9. The zero-order chi connectivity index (χ0) is 22.9. The highest BCUT2D eigenvalue weighted by molar-refractivity contribution is 8.23. The summed E-state index contributed by atoms with van der Waals surface area (Å²) in [5, 5.41) is 2.64. The highest BCUT2D eigenvalue weighted by Crippen LogP contribution is 2.69. The van der Waals surface area contributed by atoms with Crippen molar-refractivity contribution in [2.45, 2.75) is 91.6 Å². The molecule has 2 unspecified atom stereocenters. The lowest BCUT2D eigenvalue weighted by atomic mass is 10.2. The van der Waals surface area contributed by atoms with Gasteiger partial charge in [-0.15, -0.1) is 0 Å². The van der Waals surface area contributed by atoms with Crippen LogP contribution in [0.5, 0.6) is 0 Å². The van der Waals surface area contributed by atoms with Gasteiger partial charge in [0.2, 0.25) is 12.1 Å². The number of hydrogen-bond acceptors (Lipinski definition) is 3. The van der Waals surface area contributed by atoms with E-state index in [1.165, 1.54) is 10.6 Å². The molecule has 0 spiro atoms. The van der Waals surface area contributed by atoms with Gasteiger partial charge in [-0.2, -0.15) is 0 Å². The Bertz CT molecular complexity index is 793. The van der Waals surface area contributed by atoms with Crippen molar-refractivity contribution in [3.8, 4) is 0 Å². The van der Waals surface area contributed by atoms with Gasteiger partial charge in [-0.25, -0.2) is 0 Å². The molecule has 3 rings (SSSR count). The fourth-order valence-corrected chi connectivity index (χ4v) is 10.1. The molecule has 4 heteroatoms. The average molecular weight is 456 g/mol. The van der Waals surface area contributed by atoms with Crippen LogP contribution in [0.2, 0.25) is 0 Å². The van der Waals surface area contributed by atoms with E-state index in [0.717, 1.165) is 0 Å². The molecular formula is C27H40N2PS+. The van der Waals surface area contributed by atoms with E-state index in [9.17, 15) is 0 Å². The van der Waals surface area contributed by atoms with Gasteiger partial charge in [0, 0.05) is 34.8 Å². The van der Waals surface area contributed by atoms with Crippen LogP contribution in [0.4, 0.5) is 0 Å². The van der Waals surface area contributed by atoms with Crippen LogP contribution < -0.4 is 10.6 Å². The van der Waals surface area contributed by atoms with E-state index in [1.54, 1.807) is 5.66 Å². The van der Waals surface area contributed by atoms with Crippen molar-refractivity contribution in [3.63, 3.8) is 0 Å². The standard InChI is InChI=1S/C27H40N2PS/c1-19(2)28(20(3)4)25-26(29(21(5)6)22(7)8)27(25)30(31,23-15-11-9-12-16-23)24-17-13-10-14-18-24/h9-22,25-26H,1-8H3/q+1. The Morgan fingerprint density at radius 2 is 0.903 bits per heavy atom. The maximum atomic E-state index is 6.78. The number of benzene rings is 2. The highest BCUT2D eigenvalue weighted by Gasteiger charge is 2.77. The van der Waals surface area contributed by atoms with Crippen molar-refractivity contribution < 1.29 is 0 Å². The van der Waals surface area contributed by atoms with E-state index in [4.69, 9.17) is 11.8 Å². The van der Waals surface area contributed by atoms with E-state index in [-0.39, 0.29) is 0 Å². The van der Waals surface area contributed by atoms with Gasteiger partial charge in [0.1, 0.15) is 0 Å². The third-order valence-electron chi connectivity index (χ3n) is 6.43. The molecule has 0 radical (unpaired) electrons. The monoisotopic (exact) mass is 455 g/mol. The lowest BCUT2D eigenvalue weighted by Gasteiger charge is -2.31. The van der Waals surface area contributed by atoms with E-state index in [0.29, 0.717) is 36.3 Å². The van der Waals surface area contributed by atoms with Crippen molar-refractivity contribution in [3.05, 3.63) is 66.3 Å². The third-order valence-corrected chi connectivity index (χ3v) is 11.6. The van der Waals surface area contributed by atoms with Crippen LogP contribution in [0, 0.1) is 5.66 Å². The maximum Gasteiger partial charge on any atom is 0.217 e. The molecule has 1 aliphatic carbocycles. The average Bonchev–Trinajstić information content (AvgIpc) is 3.41. The second kappa shape index (κ2) is 9.79. The van der Waals surface area contributed by atoms with Gasteiger partial charge in [0.05, 0.1) is 0 Å². The quantitative estimate of drug-likeness (QED) is 0.357. The van der Waals surface area contributed by atoms with Gasteiger partial charge >= 0.3 is 0 Å². The molecule has 0 N–H and O–H groups in total. The molecule has 0 heterocycles. The van der Waals surface area contributed by atoms with E-state index >= 15 is 0 Å². The molecule has 2 atom stereocenters. The maximum absolute atomic E-state index is 6.78. The van der Waals surface area contributed by atoms with Crippen molar-refractivity contribution >= 4 is 28.5 Å². The van der Waals surface area contributed by atoms with Crippen molar-refractivity contribution in [1.82, 2.24) is 9.80 Å². The van der Waals surface area contributed by atoms with E-state index < -0.39 is 6.04 Å². The topological polar surface area (TPSA) is 6.48 Å². The van der Waals surface area contributed by atoms with Gasteiger partial charge in [0.25, 0.3) is 0 Å². The second-order valence-corrected chi connectivity index (χ2v) is 14.3. The molecule has 2 aromatic rings. The normalized spacial score (nSPS) is 19.5. The largest absolute Gasteiger partial charge is 0.252 e. The molecule has 31 heavy (non-hydrogen) atoms. The lowest BCUT2D eigenvalue weighted by Crippen LogP contribution is -2.46. The molecule has 168 valence electrons. The van der Waals surface area contributed by atoms with Crippen LogP contribution in [0.25, 0.3) is 0 Å². The SMILES string of the molecule is CC(C)N(C(C)C)C1[C+](P(=S)(c2ccccc2)c2ccccc2)C1N(C(C)C)C(C)C. The summed E-state index contributed by atoms with van der Waals surface area (Å²) in [6, 6.07) is 22.4. The van der Waals surface area contributed by atoms with Crippen LogP contribution in [-0.2, 0) is 11.8 Å². The number of nitrogens with zero attached hydrogens (tertiary/aromatic N) is 2. The minimum atomic E-state index is -2.10. The molecule has 1 aliphatic rings. The lowest BCUT2D eigenvalue weighted by molar-refractivity contribution is 0.108. The Kier molecular flexibility index (Phi) is 7.75. The summed E-state index contributed by atoms with van der Waals surface area (Å²) in [6.07, 6.45) is 0. The fraction of sp³-hybridized carbons (Fsp3) is 0.519. The minimum Gasteiger partial charge on any atom is -0.252 e. The van der Waals surface area contributed by atoms with E-state index in [1.807, 2.05) is 0 Å². The third kappa shape index (κ3) is 4.67. The molecule has 2 nitrogen and oxygen atoms in total. The van der Waals surface area contributed by atoms with E-state index in [2.05, 4.69) is 126 Å². The van der Waals surface area contributed by atoms with Gasteiger partial charge in [0.15, 0.2) is 11.7 Å². The molecule has 1 fully saturated rings. The summed E-state index contributed by atoms with van der Waals surface area (Å²) < 4.78 is 0. The Morgan fingerprint density at radius 3 is 1.16 bits per heavy atom. The summed E-state index contributed by atoms with van der Waals surface area (Å²) in [4.78, 5) is 5.40. The predicted octanol–water partition coefficient (Wildman–Crippen LogP) is 5.64. The van der Waals surface area contributed by atoms with Crippen LogP contribution in [0.1, 0.15) is 55.4 Å². The molecule has 0 saturated heterocycles. The minimum absolute atomic E-state index is 0.399. The van der Waals surface area contributed by atoms with Gasteiger partial charge < -0.3 is 0 Å². The summed E-state index contributed by atoms with van der Waals surface area (Å²) in [7, 11) is 0. The smallest absolute Gasteiger partial charge is 0.217 e. The highest BCUT2D eigenvalue weighted by atomic mass is 32.4. The molecule has 1 saturated carbocycles. The first kappa shape index (κ1) is 24.5. The first-order chi connectivity index (χ1) is 14.6. The van der Waals surface area contributed by atoms with Crippen molar-refractivity contribution in [2.75, 3.05) is 0 Å². The number of hydrogen-bond donors (Lipinski definition) is 0. The zero-order valence-corrected chi connectivity index (χ0v) is 22.2. The summed E-state index contributed by atoms with van der Waals surface area (Å²) >= 11 is 6.78. The van der Waals surface area contributed by atoms with Crippen molar-refractivity contribution in [2.24, 2.45) is 0 Å². The first-order valence-electron chi connectivity index (χ1n) is 11.8. The Labute approximate surface area is 196 Å². The van der Waals surface area contributed by atoms with Crippen LogP contribution in [-0.4, -0.2) is 46.1 Å².